The van der Waals surface area contributed by atoms with E-state index in [9.17, 15) is 4.79 Å². The van der Waals surface area contributed by atoms with E-state index in [0.29, 0.717) is 11.6 Å². The second kappa shape index (κ2) is 5.64. The minimum Gasteiger partial charge on any atom is -0.321 e. The summed E-state index contributed by atoms with van der Waals surface area (Å²) in [6.07, 6.45) is 5.46. The third-order valence-corrected chi connectivity index (χ3v) is 3.87. The van der Waals surface area contributed by atoms with Gasteiger partial charge in [0, 0.05) is 23.5 Å². The molecule has 6 nitrogen and oxygen atoms in total. The summed E-state index contributed by atoms with van der Waals surface area (Å²) in [5, 5.41) is 9.70. The van der Waals surface area contributed by atoms with Gasteiger partial charge in [0.25, 0.3) is 5.91 Å². The van der Waals surface area contributed by atoms with Crippen molar-refractivity contribution in [3.05, 3.63) is 60.3 Å². The summed E-state index contributed by atoms with van der Waals surface area (Å²) in [4.78, 5) is 20.6. The van der Waals surface area contributed by atoms with Crippen molar-refractivity contribution >= 4 is 11.6 Å². The number of carbonyl (C=O) groups excluding carboxylic acids is 1. The van der Waals surface area contributed by atoms with Crippen LogP contribution in [0.1, 0.15) is 34.9 Å². The van der Waals surface area contributed by atoms with Crippen LogP contribution in [0.5, 0.6) is 0 Å². The lowest BCUT2D eigenvalue weighted by Crippen LogP contribution is -2.14. The lowest BCUT2D eigenvalue weighted by atomic mass is 10.1. The molecule has 2 heterocycles. The van der Waals surface area contributed by atoms with Gasteiger partial charge in [-0.2, -0.15) is 5.10 Å². The Morgan fingerprint density at radius 3 is 2.65 bits per heavy atom. The van der Waals surface area contributed by atoms with E-state index in [1.165, 1.54) is 6.33 Å². The zero-order valence-electron chi connectivity index (χ0n) is 12.4. The number of aromatic amines is 1. The molecule has 0 saturated heterocycles. The van der Waals surface area contributed by atoms with Gasteiger partial charge in [0.1, 0.15) is 12.0 Å². The summed E-state index contributed by atoms with van der Waals surface area (Å²) < 4.78 is 0. The Bertz CT molecular complexity index is 822. The smallest absolute Gasteiger partial charge is 0.274 e. The van der Waals surface area contributed by atoms with Crippen molar-refractivity contribution in [2.24, 2.45) is 0 Å². The van der Waals surface area contributed by atoms with Crippen LogP contribution in [0.15, 0.2) is 48.9 Å². The topological polar surface area (TPSA) is 83.6 Å². The predicted octanol–water partition coefficient (Wildman–Crippen LogP) is 3.00. The minimum absolute atomic E-state index is 0.219. The van der Waals surface area contributed by atoms with Crippen LogP contribution in [-0.2, 0) is 0 Å². The Morgan fingerprint density at radius 1 is 1.13 bits per heavy atom. The fourth-order valence-corrected chi connectivity index (χ4v) is 2.44. The normalized spacial score (nSPS) is 13.7. The second-order valence-corrected chi connectivity index (χ2v) is 5.60. The Balaban J connectivity index is 1.49. The van der Waals surface area contributed by atoms with E-state index in [0.717, 1.165) is 35.5 Å². The van der Waals surface area contributed by atoms with Gasteiger partial charge in [-0.15, -0.1) is 0 Å². The van der Waals surface area contributed by atoms with E-state index in [-0.39, 0.29) is 5.91 Å². The van der Waals surface area contributed by atoms with Gasteiger partial charge in [-0.1, -0.05) is 12.1 Å². The number of nitrogens with one attached hydrogen (secondary N) is 2. The van der Waals surface area contributed by atoms with Crippen molar-refractivity contribution in [3.8, 4) is 11.3 Å². The molecule has 1 aromatic carbocycles. The molecule has 1 aliphatic carbocycles. The summed E-state index contributed by atoms with van der Waals surface area (Å²) in [5.41, 5.74) is 4.04. The van der Waals surface area contributed by atoms with Crippen LogP contribution in [0.25, 0.3) is 11.3 Å². The number of aromatic nitrogens is 4. The van der Waals surface area contributed by atoms with E-state index in [4.69, 9.17) is 0 Å². The van der Waals surface area contributed by atoms with Crippen molar-refractivity contribution in [1.29, 1.82) is 0 Å². The summed E-state index contributed by atoms with van der Waals surface area (Å²) in [5.74, 6) is 0.279. The number of benzene rings is 1. The van der Waals surface area contributed by atoms with E-state index in [1.54, 1.807) is 12.3 Å². The third-order valence-electron chi connectivity index (χ3n) is 3.87. The Labute approximate surface area is 133 Å². The highest BCUT2D eigenvalue weighted by Gasteiger charge is 2.25. The van der Waals surface area contributed by atoms with Gasteiger partial charge < -0.3 is 5.32 Å². The molecule has 2 aromatic heterocycles. The van der Waals surface area contributed by atoms with Crippen molar-refractivity contribution in [2.45, 2.75) is 18.8 Å². The molecular formula is C17H15N5O. The molecule has 1 fully saturated rings. The maximum atomic E-state index is 12.3. The highest BCUT2D eigenvalue weighted by atomic mass is 16.1. The van der Waals surface area contributed by atoms with Gasteiger partial charge in [0.2, 0.25) is 0 Å². The lowest BCUT2D eigenvalue weighted by molar-refractivity contribution is 0.102. The van der Waals surface area contributed by atoms with Crippen LogP contribution in [0, 0.1) is 0 Å². The molecule has 0 spiro atoms. The minimum atomic E-state index is -0.219. The first-order valence-corrected chi connectivity index (χ1v) is 7.53. The quantitative estimate of drug-likeness (QED) is 0.776. The SMILES string of the molecule is O=C(Nc1ccc(-c2ccn[nH]2)cc1)c1cc(C2CC2)ncn1. The van der Waals surface area contributed by atoms with E-state index in [1.807, 2.05) is 30.3 Å². The van der Waals surface area contributed by atoms with Crippen molar-refractivity contribution in [3.63, 3.8) is 0 Å². The first kappa shape index (κ1) is 13.6. The summed E-state index contributed by atoms with van der Waals surface area (Å²) in [6.45, 7) is 0. The zero-order valence-corrected chi connectivity index (χ0v) is 12.4. The second-order valence-electron chi connectivity index (χ2n) is 5.60. The van der Waals surface area contributed by atoms with Crippen molar-refractivity contribution in [2.75, 3.05) is 5.32 Å². The van der Waals surface area contributed by atoms with Crippen LogP contribution in [0.4, 0.5) is 5.69 Å². The molecular weight excluding hydrogens is 290 g/mol. The van der Waals surface area contributed by atoms with Gasteiger partial charge in [0.15, 0.2) is 0 Å². The first-order chi connectivity index (χ1) is 11.3. The maximum absolute atomic E-state index is 12.3. The largest absolute Gasteiger partial charge is 0.321 e. The lowest BCUT2D eigenvalue weighted by Gasteiger charge is -2.06. The van der Waals surface area contributed by atoms with Crippen LogP contribution < -0.4 is 5.32 Å². The number of amides is 1. The van der Waals surface area contributed by atoms with Gasteiger partial charge >= 0.3 is 0 Å². The van der Waals surface area contributed by atoms with Crippen molar-refractivity contribution in [1.82, 2.24) is 20.2 Å². The summed E-state index contributed by atoms with van der Waals surface area (Å²) in [7, 11) is 0. The van der Waals surface area contributed by atoms with Crippen LogP contribution >= 0.6 is 0 Å². The average Bonchev–Trinajstić information content (AvgIpc) is 3.30. The van der Waals surface area contributed by atoms with E-state index >= 15 is 0 Å². The molecule has 2 N–H and O–H groups in total. The number of hydrogen-bond acceptors (Lipinski definition) is 4. The number of carbonyl (C=O) groups is 1. The van der Waals surface area contributed by atoms with Crippen molar-refractivity contribution < 1.29 is 4.79 Å². The van der Waals surface area contributed by atoms with Gasteiger partial charge in [-0.25, -0.2) is 9.97 Å². The number of nitrogens with zero attached hydrogens (tertiary/aromatic N) is 3. The molecule has 1 aliphatic rings. The predicted molar refractivity (Wildman–Crippen MR) is 86.0 cm³/mol. The monoisotopic (exact) mass is 305 g/mol. The van der Waals surface area contributed by atoms with Gasteiger partial charge in [0.05, 0.1) is 5.69 Å². The zero-order chi connectivity index (χ0) is 15.6. The number of rotatable bonds is 4. The van der Waals surface area contributed by atoms with Crippen LogP contribution in [-0.4, -0.2) is 26.1 Å². The molecule has 23 heavy (non-hydrogen) atoms. The maximum Gasteiger partial charge on any atom is 0.274 e. The Kier molecular flexibility index (Phi) is 3.34. The Morgan fingerprint density at radius 2 is 1.96 bits per heavy atom. The number of H-pyrrole nitrogens is 1. The molecule has 0 aliphatic heterocycles. The molecule has 3 aromatic rings. The Hall–Kier alpha value is -3.02. The molecule has 0 bridgehead atoms. The van der Waals surface area contributed by atoms with Gasteiger partial charge in [-0.05, 0) is 42.7 Å². The summed E-state index contributed by atoms with van der Waals surface area (Å²) in [6, 6.07) is 11.3. The molecule has 0 radical (unpaired) electrons. The standard InChI is InChI=1S/C17H15N5O/c23-17(16-9-15(12-1-2-12)18-10-19-16)21-13-5-3-11(4-6-13)14-7-8-20-22-14/h3-10,12H,1-2H2,(H,20,22)(H,21,23). The third kappa shape index (κ3) is 2.96. The molecule has 114 valence electrons. The fourth-order valence-electron chi connectivity index (χ4n) is 2.44. The molecule has 0 unspecified atom stereocenters. The molecule has 1 amide bonds. The number of hydrogen-bond donors (Lipinski definition) is 2. The van der Waals surface area contributed by atoms with E-state index < -0.39 is 0 Å². The average molecular weight is 305 g/mol. The molecule has 6 heteroatoms. The van der Waals surface area contributed by atoms with Crippen LogP contribution in [0.2, 0.25) is 0 Å². The van der Waals surface area contributed by atoms with Gasteiger partial charge in [-0.3, -0.25) is 9.89 Å². The fraction of sp³-hybridized carbons (Fsp3) is 0.176. The molecule has 4 rings (SSSR count). The molecule has 0 atom stereocenters. The highest BCUT2D eigenvalue weighted by molar-refractivity contribution is 6.02. The molecule has 1 saturated carbocycles. The highest BCUT2D eigenvalue weighted by Crippen LogP contribution is 2.38. The van der Waals surface area contributed by atoms with Crippen LogP contribution in [0.3, 0.4) is 0 Å². The van der Waals surface area contributed by atoms with E-state index in [2.05, 4.69) is 25.5 Å². The first-order valence-electron chi connectivity index (χ1n) is 7.53. The summed E-state index contributed by atoms with van der Waals surface area (Å²) >= 11 is 0. The number of anilines is 1.